The number of aromatic hydroxyl groups is 1. The summed E-state index contributed by atoms with van der Waals surface area (Å²) in [7, 11) is 0. The van der Waals surface area contributed by atoms with Gasteiger partial charge >= 0.3 is 0 Å². The van der Waals surface area contributed by atoms with Crippen LogP contribution in [0.2, 0.25) is 0 Å². The van der Waals surface area contributed by atoms with Crippen LogP contribution in [0.1, 0.15) is 43.0 Å². The molecule has 2 rings (SSSR count). The lowest BCUT2D eigenvalue weighted by Crippen LogP contribution is -2.43. The van der Waals surface area contributed by atoms with E-state index in [1.54, 1.807) is 4.90 Å². The zero-order chi connectivity index (χ0) is 13.1. The van der Waals surface area contributed by atoms with E-state index >= 15 is 0 Å². The maximum Gasteiger partial charge on any atom is 0.260 e. The number of benzene rings is 1. The third-order valence-electron chi connectivity index (χ3n) is 3.56. The van der Waals surface area contributed by atoms with Crippen LogP contribution in [0, 0.1) is 5.82 Å². The van der Waals surface area contributed by atoms with Gasteiger partial charge in [-0.2, -0.15) is 0 Å². The fraction of sp³-hybridized carbons (Fsp3) is 0.500. The normalized spacial score (nSPS) is 19.9. The Morgan fingerprint density at radius 2 is 2.28 bits per heavy atom. The van der Waals surface area contributed by atoms with Gasteiger partial charge < -0.3 is 10.0 Å². The Morgan fingerprint density at radius 1 is 1.50 bits per heavy atom. The number of halogens is 1. The van der Waals surface area contributed by atoms with Crippen LogP contribution < -0.4 is 0 Å². The molecule has 0 bridgehead atoms. The first-order chi connectivity index (χ1) is 8.65. The molecular weight excluding hydrogens is 233 g/mol. The van der Waals surface area contributed by atoms with Crippen molar-refractivity contribution < 1.29 is 14.3 Å². The van der Waals surface area contributed by atoms with Crippen LogP contribution in [0.5, 0.6) is 5.75 Å². The SMILES string of the molecule is CCC1CCCCN1C(=O)c1c(O)cccc1F. The lowest BCUT2D eigenvalue weighted by molar-refractivity contribution is 0.0600. The Bertz CT molecular complexity index is 427. The molecule has 18 heavy (non-hydrogen) atoms. The summed E-state index contributed by atoms with van der Waals surface area (Å²) >= 11 is 0. The van der Waals surface area contributed by atoms with E-state index in [9.17, 15) is 14.3 Å². The molecule has 1 aromatic rings. The quantitative estimate of drug-likeness (QED) is 0.878. The summed E-state index contributed by atoms with van der Waals surface area (Å²) in [6.45, 7) is 2.67. The number of hydrogen-bond acceptors (Lipinski definition) is 2. The van der Waals surface area contributed by atoms with Crippen molar-refractivity contribution in [2.24, 2.45) is 0 Å². The van der Waals surface area contributed by atoms with E-state index in [4.69, 9.17) is 0 Å². The van der Waals surface area contributed by atoms with Crippen LogP contribution in [0.25, 0.3) is 0 Å². The van der Waals surface area contributed by atoms with Gasteiger partial charge in [-0.05, 0) is 37.8 Å². The van der Waals surface area contributed by atoms with Gasteiger partial charge in [-0.15, -0.1) is 0 Å². The summed E-state index contributed by atoms with van der Waals surface area (Å²) in [4.78, 5) is 14.0. The number of carbonyl (C=O) groups is 1. The third-order valence-corrected chi connectivity index (χ3v) is 3.56. The molecule has 0 radical (unpaired) electrons. The van der Waals surface area contributed by atoms with Gasteiger partial charge in [-0.3, -0.25) is 4.79 Å². The fourth-order valence-corrected chi connectivity index (χ4v) is 2.56. The average molecular weight is 251 g/mol. The summed E-state index contributed by atoms with van der Waals surface area (Å²) in [5, 5.41) is 9.66. The smallest absolute Gasteiger partial charge is 0.260 e. The average Bonchev–Trinajstić information content (AvgIpc) is 2.38. The molecule has 0 spiro atoms. The molecule has 1 heterocycles. The Kier molecular flexibility index (Phi) is 3.84. The molecule has 1 aliphatic heterocycles. The van der Waals surface area contributed by atoms with E-state index in [1.807, 2.05) is 6.92 Å². The monoisotopic (exact) mass is 251 g/mol. The lowest BCUT2D eigenvalue weighted by Gasteiger charge is -2.35. The number of rotatable bonds is 2. The van der Waals surface area contributed by atoms with Crippen LogP contribution >= 0.6 is 0 Å². The van der Waals surface area contributed by atoms with Crippen molar-refractivity contribution in [3.63, 3.8) is 0 Å². The first-order valence-corrected chi connectivity index (χ1v) is 6.43. The molecule has 1 fully saturated rings. The van der Waals surface area contributed by atoms with Crippen LogP contribution in [-0.2, 0) is 0 Å². The summed E-state index contributed by atoms with van der Waals surface area (Å²) in [5.74, 6) is -1.32. The van der Waals surface area contributed by atoms with Crippen molar-refractivity contribution in [3.05, 3.63) is 29.6 Å². The number of phenols is 1. The number of carbonyl (C=O) groups excluding carboxylic acids is 1. The van der Waals surface area contributed by atoms with E-state index in [1.165, 1.54) is 18.2 Å². The third kappa shape index (κ3) is 2.33. The van der Waals surface area contributed by atoms with Gasteiger partial charge in [-0.25, -0.2) is 4.39 Å². The maximum atomic E-state index is 13.7. The van der Waals surface area contributed by atoms with Gasteiger partial charge in [0.2, 0.25) is 0 Å². The molecule has 1 amide bonds. The number of amides is 1. The zero-order valence-electron chi connectivity index (χ0n) is 10.5. The van der Waals surface area contributed by atoms with Crippen molar-refractivity contribution >= 4 is 5.91 Å². The van der Waals surface area contributed by atoms with E-state index < -0.39 is 11.7 Å². The molecule has 1 saturated heterocycles. The van der Waals surface area contributed by atoms with Crippen molar-refractivity contribution in [1.29, 1.82) is 0 Å². The molecule has 0 aromatic heterocycles. The minimum atomic E-state index is -0.652. The minimum absolute atomic E-state index is 0.158. The van der Waals surface area contributed by atoms with Crippen molar-refractivity contribution in [3.8, 4) is 5.75 Å². The van der Waals surface area contributed by atoms with Gasteiger partial charge in [0.1, 0.15) is 17.1 Å². The zero-order valence-corrected chi connectivity index (χ0v) is 10.5. The van der Waals surface area contributed by atoms with Crippen LogP contribution in [0.15, 0.2) is 18.2 Å². The molecule has 1 aliphatic rings. The highest BCUT2D eigenvalue weighted by molar-refractivity contribution is 5.97. The molecule has 3 nitrogen and oxygen atoms in total. The Labute approximate surface area is 106 Å². The first kappa shape index (κ1) is 12.9. The van der Waals surface area contributed by atoms with Crippen LogP contribution in [0.3, 0.4) is 0 Å². The topological polar surface area (TPSA) is 40.5 Å². The highest BCUT2D eigenvalue weighted by atomic mass is 19.1. The number of hydrogen-bond donors (Lipinski definition) is 1. The largest absolute Gasteiger partial charge is 0.507 e. The molecule has 1 unspecified atom stereocenters. The first-order valence-electron chi connectivity index (χ1n) is 6.43. The van der Waals surface area contributed by atoms with E-state index in [-0.39, 0.29) is 17.4 Å². The molecular formula is C14H18FNO2. The summed E-state index contributed by atoms with van der Waals surface area (Å²) in [6.07, 6.45) is 3.86. The van der Waals surface area contributed by atoms with Crippen molar-refractivity contribution in [2.75, 3.05) is 6.54 Å². The highest BCUT2D eigenvalue weighted by Crippen LogP contribution is 2.26. The molecule has 0 saturated carbocycles. The van der Waals surface area contributed by atoms with E-state index in [2.05, 4.69) is 0 Å². The predicted octanol–water partition coefficient (Wildman–Crippen LogP) is 2.94. The second kappa shape index (κ2) is 5.38. The Balaban J connectivity index is 2.30. The lowest BCUT2D eigenvalue weighted by atomic mass is 9.98. The van der Waals surface area contributed by atoms with Gasteiger partial charge in [0.15, 0.2) is 0 Å². The van der Waals surface area contributed by atoms with Gasteiger partial charge in [0, 0.05) is 12.6 Å². The number of piperidine rings is 1. The number of phenolic OH excluding ortho intramolecular Hbond substituents is 1. The predicted molar refractivity (Wildman–Crippen MR) is 67.0 cm³/mol. The highest BCUT2D eigenvalue weighted by Gasteiger charge is 2.29. The Hall–Kier alpha value is -1.58. The summed E-state index contributed by atoms with van der Waals surface area (Å²) in [5.41, 5.74) is -0.196. The van der Waals surface area contributed by atoms with Gasteiger partial charge in [0.25, 0.3) is 5.91 Å². The Morgan fingerprint density at radius 3 is 2.94 bits per heavy atom. The molecule has 1 atom stereocenters. The van der Waals surface area contributed by atoms with E-state index in [0.29, 0.717) is 6.54 Å². The summed E-state index contributed by atoms with van der Waals surface area (Å²) < 4.78 is 13.7. The molecule has 4 heteroatoms. The second-order valence-corrected chi connectivity index (χ2v) is 4.69. The number of nitrogens with zero attached hydrogens (tertiary/aromatic N) is 1. The van der Waals surface area contributed by atoms with Gasteiger partial charge in [0.05, 0.1) is 0 Å². The van der Waals surface area contributed by atoms with Crippen molar-refractivity contribution in [1.82, 2.24) is 4.90 Å². The maximum absolute atomic E-state index is 13.7. The van der Waals surface area contributed by atoms with Gasteiger partial charge in [-0.1, -0.05) is 13.0 Å². The molecule has 1 N–H and O–H groups in total. The van der Waals surface area contributed by atoms with Crippen molar-refractivity contribution in [2.45, 2.75) is 38.6 Å². The standard InChI is InChI=1S/C14H18FNO2/c1-2-10-6-3-4-9-16(10)14(18)13-11(15)7-5-8-12(13)17/h5,7-8,10,17H,2-4,6,9H2,1H3. The summed E-state index contributed by atoms with van der Waals surface area (Å²) in [6, 6.07) is 4.11. The molecule has 0 aliphatic carbocycles. The fourth-order valence-electron chi connectivity index (χ4n) is 2.56. The van der Waals surface area contributed by atoms with Crippen LogP contribution in [-0.4, -0.2) is 28.5 Å². The molecule has 98 valence electrons. The number of likely N-dealkylation sites (tertiary alicyclic amines) is 1. The minimum Gasteiger partial charge on any atom is -0.507 e. The molecule has 1 aromatic carbocycles. The van der Waals surface area contributed by atoms with Crippen LogP contribution in [0.4, 0.5) is 4.39 Å². The van der Waals surface area contributed by atoms with E-state index in [0.717, 1.165) is 25.7 Å². The second-order valence-electron chi connectivity index (χ2n) is 4.69.